The Kier molecular flexibility index (Phi) is 31.6. The zero-order chi connectivity index (χ0) is 43.3. The van der Waals surface area contributed by atoms with E-state index in [4.69, 9.17) is 56.8 Å². The third-order valence-corrected chi connectivity index (χ3v) is 7.28. The molecular weight excluding hydrogens is 817 g/mol. The van der Waals surface area contributed by atoms with Crippen LogP contribution < -0.4 is 10.1 Å². The van der Waals surface area contributed by atoms with E-state index in [2.05, 4.69) is 10.1 Å². The van der Waals surface area contributed by atoms with Crippen molar-refractivity contribution in [3.8, 4) is 5.75 Å². The van der Waals surface area contributed by atoms with Crippen molar-refractivity contribution < 1.29 is 93.1 Å². The average molecular weight is 874 g/mol. The van der Waals surface area contributed by atoms with Crippen molar-refractivity contribution in [2.24, 2.45) is 0 Å². The molecule has 0 aliphatic carbocycles. The van der Waals surface area contributed by atoms with Gasteiger partial charge in [-0.2, -0.15) is 8.78 Å². The minimum atomic E-state index is -2.35. The Balaban J connectivity index is 1.18. The van der Waals surface area contributed by atoms with Crippen molar-refractivity contribution in [1.29, 1.82) is 0 Å². The van der Waals surface area contributed by atoms with Crippen molar-refractivity contribution >= 4 is 12.1 Å². The topological polar surface area (TPSA) is 166 Å². The average Bonchev–Trinajstić information content (AvgIpc) is 3.26. The Bertz CT molecular complexity index is 1370. The van der Waals surface area contributed by atoms with Crippen LogP contribution >= 0.6 is 0 Å². The zero-order valence-corrected chi connectivity index (χ0v) is 33.6. The van der Waals surface area contributed by atoms with Crippen LogP contribution in [0, 0.1) is 29.1 Å². The standard InChI is InChI=1S/C39H56F5NO15/c40-33-34(41)36(43)38(37(44)35(33)42)60-32(46)6-8-48-10-12-50-14-16-52-18-20-54-22-24-56-26-28-58-29-27-57-25-23-55-21-19-53-17-15-51-13-11-49-9-7-45-39(47)59-30-31-4-2-1-3-5-31/h1-5H,6-30H2,(H,45,47). The number of halogens is 5. The molecule has 0 unspecified atom stereocenters. The van der Waals surface area contributed by atoms with Crippen LogP contribution in [-0.4, -0.2) is 164 Å². The largest absolute Gasteiger partial charge is 0.445 e. The Hall–Kier alpha value is -3.61. The molecule has 2 rings (SSSR count). The number of benzene rings is 2. The summed E-state index contributed by atoms with van der Waals surface area (Å²) < 4.78 is 135. The van der Waals surface area contributed by atoms with Crippen LogP contribution in [0.5, 0.6) is 5.75 Å². The van der Waals surface area contributed by atoms with Crippen LogP contribution in [0.25, 0.3) is 0 Å². The molecule has 16 nitrogen and oxygen atoms in total. The van der Waals surface area contributed by atoms with Gasteiger partial charge in [-0.3, -0.25) is 4.79 Å². The molecule has 0 aliphatic heterocycles. The smallest absolute Gasteiger partial charge is 0.407 e. The first-order chi connectivity index (χ1) is 29.3. The Morgan fingerprint density at radius 1 is 0.417 bits per heavy atom. The molecule has 0 saturated carbocycles. The molecule has 21 heteroatoms. The lowest BCUT2D eigenvalue weighted by molar-refractivity contribution is -0.136. The summed E-state index contributed by atoms with van der Waals surface area (Å²) in [4.78, 5) is 23.3. The minimum absolute atomic E-state index is 0.0730. The summed E-state index contributed by atoms with van der Waals surface area (Å²) in [5.41, 5.74) is 0.919. The van der Waals surface area contributed by atoms with E-state index >= 15 is 0 Å². The highest BCUT2D eigenvalue weighted by molar-refractivity contribution is 5.72. The second kappa shape index (κ2) is 36.1. The number of amides is 1. The van der Waals surface area contributed by atoms with Gasteiger partial charge in [0, 0.05) is 6.54 Å². The van der Waals surface area contributed by atoms with Gasteiger partial charge in [-0.25, -0.2) is 18.0 Å². The lowest BCUT2D eigenvalue weighted by atomic mass is 10.2. The molecular formula is C39H56F5NO15. The third-order valence-electron chi connectivity index (χ3n) is 7.28. The van der Waals surface area contributed by atoms with Crippen LogP contribution in [-0.2, 0) is 68.2 Å². The van der Waals surface area contributed by atoms with E-state index in [0.29, 0.717) is 125 Å². The molecule has 1 amide bonds. The van der Waals surface area contributed by atoms with E-state index in [1.165, 1.54) is 0 Å². The van der Waals surface area contributed by atoms with Crippen LogP contribution in [0.1, 0.15) is 12.0 Å². The van der Waals surface area contributed by atoms with Crippen LogP contribution in [0.15, 0.2) is 30.3 Å². The van der Waals surface area contributed by atoms with E-state index in [9.17, 15) is 31.5 Å². The Morgan fingerprint density at radius 2 is 0.733 bits per heavy atom. The van der Waals surface area contributed by atoms with Crippen LogP contribution in [0.2, 0.25) is 0 Å². The van der Waals surface area contributed by atoms with Gasteiger partial charge in [0.25, 0.3) is 0 Å². The molecule has 2 aromatic carbocycles. The van der Waals surface area contributed by atoms with E-state index < -0.39 is 53.3 Å². The third kappa shape index (κ3) is 26.6. The minimum Gasteiger partial charge on any atom is -0.445 e. The number of hydrogen-bond acceptors (Lipinski definition) is 15. The first kappa shape index (κ1) is 52.5. The summed E-state index contributed by atoms with van der Waals surface area (Å²) in [5.74, 6) is -14.2. The van der Waals surface area contributed by atoms with Gasteiger partial charge in [-0.1, -0.05) is 30.3 Å². The van der Waals surface area contributed by atoms with E-state index in [0.717, 1.165) is 5.56 Å². The number of ether oxygens (including phenoxy) is 13. The van der Waals surface area contributed by atoms with Gasteiger partial charge in [0.15, 0.2) is 0 Å². The molecule has 0 saturated heterocycles. The van der Waals surface area contributed by atoms with Gasteiger partial charge in [-0.05, 0) is 5.56 Å². The highest BCUT2D eigenvalue weighted by Crippen LogP contribution is 2.29. The molecule has 0 spiro atoms. The molecule has 1 N–H and O–H groups in total. The van der Waals surface area contributed by atoms with E-state index in [-0.39, 0.29) is 33.0 Å². The Morgan fingerprint density at radius 3 is 1.10 bits per heavy atom. The predicted octanol–water partition coefficient (Wildman–Crippen LogP) is 3.79. The van der Waals surface area contributed by atoms with Gasteiger partial charge in [-0.15, -0.1) is 0 Å². The summed E-state index contributed by atoms with van der Waals surface area (Å²) in [6.07, 6.45) is -0.983. The summed E-state index contributed by atoms with van der Waals surface area (Å²) in [7, 11) is 0. The van der Waals surface area contributed by atoms with Gasteiger partial charge in [0.1, 0.15) is 6.61 Å². The molecule has 0 aromatic heterocycles. The summed E-state index contributed by atoms with van der Waals surface area (Å²) in [5, 5.41) is 2.63. The second-order valence-corrected chi connectivity index (χ2v) is 11.8. The number of alkyl carbamates (subject to hydrolysis) is 1. The zero-order valence-electron chi connectivity index (χ0n) is 33.6. The van der Waals surface area contributed by atoms with Crippen molar-refractivity contribution in [3.63, 3.8) is 0 Å². The van der Waals surface area contributed by atoms with Gasteiger partial charge in [0.2, 0.25) is 34.8 Å². The number of nitrogens with one attached hydrogen (secondary N) is 1. The van der Waals surface area contributed by atoms with Crippen molar-refractivity contribution in [2.75, 3.05) is 152 Å². The highest BCUT2D eigenvalue weighted by Gasteiger charge is 2.28. The number of carbonyl (C=O) groups excluding carboxylic acids is 2. The molecule has 0 fully saturated rings. The van der Waals surface area contributed by atoms with Crippen LogP contribution in [0.3, 0.4) is 0 Å². The van der Waals surface area contributed by atoms with Crippen LogP contribution in [0.4, 0.5) is 26.7 Å². The summed E-state index contributed by atoms with van der Waals surface area (Å²) in [6.45, 7) is 8.14. The number of hydrogen-bond donors (Lipinski definition) is 1. The summed E-state index contributed by atoms with van der Waals surface area (Å²) in [6, 6.07) is 9.43. The molecule has 0 bridgehead atoms. The molecule has 342 valence electrons. The normalized spacial score (nSPS) is 11.3. The maximum Gasteiger partial charge on any atom is 0.407 e. The molecule has 60 heavy (non-hydrogen) atoms. The fourth-order valence-corrected chi connectivity index (χ4v) is 4.30. The van der Waals surface area contributed by atoms with Gasteiger partial charge in [0.05, 0.1) is 152 Å². The van der Waals surface area contributed by atoms with Crippen molar-refractivity contribution in [2.45, 2.75) is 13.0 Å². The fraction of sp³-hybridized carbons (Fsp3) is 0.641. The molecule has 0 heterocycles. The predicted molar refractivity (Wildman–Crippen MR) is 200 cm³/mol. The number of rotatable bonds is 39. The maximum atomic E-state index is 13.6. The monoisotopic (exact) mass is 873 g/mol. The first-order valence-corrected chi connectivity index (χ1v) is 19.3. The quantitative estimate of drug-likeness (QED) is 0.0258. The molecule has 0 radical (unpaired) electrons. The number of carbonyl (C=O) groups is 2. The molecule has 2 aromatic rings. The Labute approximate surface area is 346 Å². The number of esters is 1. The lowest BCUT2D eigenvalue weighted by Gasteiger charge is -2.09. The molecule has 0 aliphatic rings. The lowest BCUT2D eigenvalue weighted by Crippen LogP contribution is -2.28. The van der Waals surface area contributed by atoms with Gasteiger partial charge >= 0.3 is 12.1 Å². The second-order valence-electron chi connectivity index (χ2n) is 11.8. The van der Waals surface area contributed by atoms with E-state index in [1.54, 1.807) is 0 Å². The van der Waals surface area contributed by atoms with Crippen molar-refractivity contribution in [3.05, 3.63) is 65.0 Å². The van der Waals surface area contributed by atoms with Crippen molar-refractivity contribution in [1.82, 2.24) is 5.32 Å². The van der Waals surface area contributed by atoms with Gasteiger partial charge < -0.3 is 66.9 Å². The summed E-state index contributed by atoms with van der Waals surface area (Å²) >= 11 is 0. The SMILES string of the molecule is O=C(CCOCCOCCOCCOCCOCCOCCOCCOCCOCCOCCOCCNC(=O)OCc1ccccc1)Oc1c(F)c(F)c(F)c(F)c1F. The molecule has 0 atom stereocenters. The highest BCUT2D eigenvalue weighted by atomic mass is 19.2. The maximum absolute atomic E-state index is 13.6. The first-order valence-electron chi connectivity index (χ1n) is 19.3. The fourth-order valence-electron chi connectivity index (χ4n) is 4.30. The van der Waals surface area contributed by atoms with E-state index in [1.807, 2.05) is 30.3 Å².